The summed E-state index contributed by atoms with van der Waals surface area (Å²) < 4.78 is 0. The van der Waals surface area contributed by atoms with Crippen molar-refractivity contribution in [1.82, 2.24) is 4.98 Å². The van der Waals surface area contributed by atoms with E-state index >= 15 is 0 Å². The first-order valence-corrected chi connectivity index (χ1v) is 5.73. The Morgan fingerprint density at radius 2 is 2.18 bits per heavy atom. The van der Waals surface area contributed by atoms with E-state index in [1.807, 2.05) is 25.1 Å². The van der Waals surface area contributed by atoms with Gasteiger partial charge < -0.3 is 0 Å². The Morgan fingerprint density at radius 3 is 2.82 bits per heavy atom. The number of Topliss-reactive ketones (excluding diaryl/α,β-unsaturated/α-hetero) is 1. The summed E-state index contributed by atoms with van der Waals surface area (Å²) in [6.45, 7) is 1.97. The van der Waals surface area contributed by atoms with Crippen molar-refractivity contribution < 1.29 is 4.79 Å². The second-order valence-electron chi connectivity index (χ2n) is 3.94. The minimum atomic E-state index is 0.0313. The van der Waals surface area contributed by atoms with Gasteiger partial charge in [0, 0.05) is 29.4 Å². The molecule has 0 radical (unpaired) electrons. The highest BCUT2D eigenvalue weighted by atomic mass is 35.5. The van der Waals surface area contributed by atoms with Gasteiger partial charge in [0.15, 0.2) is 5.78 Å². The molecule has 0 N–H and O–H groups in total. The molecule has 1 heterocycles. The highest BCUT2D eigenvalue weighted by molar-refractivity contribution is 6.31. The van der Waals surface area contributed by atoms with Crippen LogP contribution in [-0.2, 0) is 6.42 Å². The highest BCUT2D eigenvalue weighted by Crippen LogP contribution is 2.19. The minimum absolute atomic E-state index is 0.0313. The van der Waals surface area contributed by atoms with E-state index in [4.69, 9.17) is 11.6 Å². The summed E-state index contributed by atoms with van der Waals surface area (Å²) >= 11 is 6.09. The maximum absolute atomic E-state index is 12.0. The Labute approximate surface area is 105 Å². The number of rotatable bonds is 3. The molecule has 0 aliphatic carbocycles. The van der Waals surface area contributed by atoms with E-state index in [0.717, 1.165) is 11.1 Å². The number of aryl methyl sites for hydroxylation is 1. The summed E-state index contributed by atoms with van der Waals surface area (Å²) in [5, 5.41) is 0.641. The van der Waals surface area contributed by atoms with Crippen molar-refractivity contribution in [1.29, 1.82) is 0 Å². The molecule has 3 heteroatoms. The van der Waals surface area contributed by atoms with Crippen molar-refractivity contribution in [2.45, 2.75) is 13.3 Å². The second kappa shape index (κ2) is 5.11. The fourth-order valence-electron chi connectivity index (χ4n) is 1.60. The quantitative estimate of drug-likeness (QED) is 0.775. The number of carbonyl (C=O) groups is 1. The largest absolute Gasteiger partial charge is 0.294 e. The van der Waals surface area contributed by atoms with Gasteiger partial charge in [0.05, 0.1) is 0 Å². The van der Waals surface area contributed by atoms with E-state index in [1.54, 1.807) is 24.5 Å². The fourth-order valence-corrected chi connectivity index (χ4v) is 1.90. The number of benzene rings is 1. The van der Waals surface area contributed by atoms with Crippen LogP contribution in [0.25, 0.3) is 0 Å². The first-order chi connectivity index (χ1) is 8.16. The lowest BCUT2D eigenvalue weighted by Gasteiger charge is -2.04. The Kier molecular flexibility index (Phi) is 3.55. The number of halogens is 1. The standard InChI is InChI=1S/C14H12ClNO/c1-10-4-5-11(13(15)7-10)8-14(17)12-3-2-6-16-9-12/h2-7,9H,8H2,1H3. The van der Waals surface area contributed by atoms with E-state index < -0.39 is 0 Å². The summed E-state index contributed by atoms with van der Waals surface area (Å²) in [7, 11) is 0. The summed E-state index contributed by atoms with van der Waals surface area (Å²) in [5.74, 6) is 0.0313. The molecule has 0 saturated carbocycles. The van der Waals surface area contributed by atoms with Crippen molar-refractivity contribution in [3.05, 3.63) is 64.4 Å². The third-order valence-corrected chi connectivity index (χ3v) is 2.89. The van der Waals surface area contributed by atoms with Gasteiger partial charge in [0.2, 0.25) is 0 Å². The number of pyridine rings is 1. The van der Waals surface area contributed by atoms with Crippen molar-refractivity contribution in [3.8, 4) is 0 Å². The fraction of sp³-hybridized carbons (Fsp3) is 0.143. The molecular formula is C14H12ClNO. The molecule has 0 unspecified atom stereocenters. The maximum atomic E-state index is 12.0. The average molecular weight is 246 g/mol. The molecule has 1 aromatic heterocycles. The topological polar surface area (TPSA) is 30.0 Å². The Morgan fingerprint density at radius 1 is 1.35 bits per heavy atom. The van der Waals surface area contributed by atoms with Gasteiger partial charge >= 0.3 is 0 Å². The summed E-state index contributed by atoms with van der Waals surface area (Å²) in [4.78, 5) is 15.9. The molecule has 0 atom stereocenters. The van der Waals surface area contributed by atoms with Gasteiger partial charge in [-0.2, -0.15) is 0 Å². The van der Waals surface area contributed by atoms with Crippen LogP contribution in [0, 0.1) is 6.92 Å². The molecule has 2 rings (SSSR count). The first kappa shape index (κ1) is 11.8. The Bertz CT molecular complexity index is 537. The lowest BCUT2D eigenvalue weighted by Crippen LogP contribution is -2.04. The Balaban J connectivity index is 2.19. The monoisotopic (exact) mass is 245 g/mol. The SMILES string of the molecule is Cc1ccc(CC(=O)c2cccnc2)c(Cl)c1. The number of hydrogen-bond acceptors (Lipinski definition) is 2. The van der Waals surface area contributed by atoms with Crippen LogP contribution in [0.15, 0.2) is 42.7 Å². The first-order valence-electron chi connectivity index (χ1n) is 5.35. The van der Waals surface area contributed by atoms with Crippen LogP contribution in [0.5, 0.6) is 0 Å². The summed E-state index contributed by atoms with van der Waals surface area (Å²) in [5.41, 5.74) is 2.56. The molecule has 0 saturated heterocycles. The van der Waals surface area contributed by atoms with Crippen LogP contribution in [0.3, 0.4) is 0 Å². The molecule has 2 aromatic rings. The normalized spacial score (nSPS) is 10.2. The molecule has 0 aliphatic rings. The van der Waals surface area contributed by atoms with Crippen LogP contribution in [0.4, 0.5) is 0 Å². The van der Waals surface area contributed by atoms with Gasteiger partial charge in [-0.05, 0) is 36.2 Å². The summed E-state index contributed by atoms with van der Waals surface area (Å²) in [6.07, 6.45) is 3.53. The Hall–Kier alpha value is -1.67. The van der Waals surface area contributed by atoms with Crippen molar-refractivity contribution in [2.24, 2.45) is 0 Å². The maximum Gasteiger partial charge on any atom is 0.168 e. The second-order valence-corrected chi connectivity index (χ2v) is 4.34. The van der Waals surface area contributed by atoms with Gasteiger partial charge in [-0.1, -0.05) is 23.7 Å². The minimum Gasteiger partial charge on any atom is -0.294 e. The zero-order chi connectivity index (χ0) is 12.3. The predicted molar refractivity (Wildman–Crippen MR) is 68.5 cm³/mol. The molecule has 0 aliphatic heterocycles. The highest BCUT2D eigenvalue weighted by Gasteiger charge is 2.09. The number of aromatic nitrogens is 1. The zero-order valence-corrected chi connectivity index (χ0v) is 10.2. The number of hydrogen-bond donors (Lipinski definition) is 0. The zero-order valence-electron chi connectivity index (χ0n) is 9.48. The van der Waals surface area contributed by atoms with Crippen molar-refractivity contribution in [2.75, 3.05) is 0 Å². The van der Waals surface area contributed by atoms with E-state index in [1.165, 1.54) is 0 Å². The molecule has 86 valence electrons. The molecule has 1 aromatic carbocycles. The van der Waals surface area contributed by atoms with Gasteiger partial charge in [-0.25, -0.2) is 0 Å². The molecule has 17 heavy (non-hydrogen) atoms. The van der Waals surface area contributed by atoms with Gasteiger partial charge in [0.25, 0.3) is 0 Å². The van der Waals surface area contributed by atoms with E-state index in [9.17, 15) is 4.79 Å². The molecule has 2 nitrogen and oxygen atoms in total. The molecular weight excluding hydrogens is 234 g/mol. The molecule has 0 spiro atoms. The van der Waals surface area contributed by atoms with Gasteiger partial charge in [-0.3, -0.25) is 9.78 Å². The van der Waals surface area contributed by atoms with Crippen molar-refractivity contribution >= 4 is 17.4 Å². The molecule has 0 fully saturated rings. The lowest BCUT2D eigenvalue weighted by molar-refractivity contribution is 0.0992. The molecule has 0 amide bonds. The van der Waals surface area contributed by atoms with Crippen molar-refractivity contribution in [3.63, 3.8) is 0 Å². The van der Waals surface area contributed by atoms with Gasteiger partial charge in [0.1, 0.15) is 0 Å². The van der Waals surface area contributed by atoms with E-state index in [2.05, 4.69) is 4.98 Å². The summed E-state index contributed by atoms with van der Waals surface area (Å²) in [6, 6.07) is 9.23. The van der Waals surface area contributed by atoms with Crippen LogP contribution in [0.2, 0.25) is 5.02 Å². The number of carbonyl (C=O) groups excluding carboxylic acids is 1. The van der Waals surface area contributed by atoms with E-state index in [-0.39, 0.29) is 5.78 Å². The lowest BCUT2D eigenvalue weighted by atomic mass is 10.0. The molecule has 0 bridgehead atoms. The average Bonchev–Trinajstić information content (AvgIpc) is 2.34. The van der Waals surface area contributed by atoms with E-state index in [0.29, 0.717) is 17.0 Å². The van der Waals surface area contributed by atoms with Crippen LogP contribution < -0.4 is 0 Å². The van der Waals surface area contributed by atoms with Crippen LogP contribution in [-0.4, -0.2) is 10.8 Å². The van der Waals surface area contributed by atoms with Crippen LogP contribution >= 0.6 is 11.6 Å². The van der Waals surface area contributed by atoms with Crippen LogP contribution in [0.1, 0.15) is 21.5 Å². The third kappa shape index (κ3) is 2.92. The number of ketones is 1. The van der Waals surface area contributed by atoms with Gasteiger partial charge in [-0.15, -0.1) is 0 Å². The smallest absolute Gasteiger partial charge is 0.168 e. The third-order valence-electron chi connectivity index (χ3n) is 2.54. The predicted octanol–water partition coefficient (Wildman–Crippen LogP) is 3.47. The number of nitrogens with zero attached hydrogens (tertiary/aromatic N) is 1.